The van der Waals surface area contributed by atoms with E-state index in [1.54, 1.807) is 0 Å². The monoisotopic (exact) mass is 383 g/mol. The summed E-state index contributed by atoms with van der Waals surface area (Å²) in [4.78, 5) is 18.3. The molecule has 2 fully saturated rings. The van der Waals surface area contributed by atoms with Gasteiger partial charge in [-0.15, -0.1) is 11.3 Å². The number of thiophene rings is 1. The van der Waals surface area contributed by atoms with Crippen LogP contribution in [-0.2, 0) is 0 Å². The molecule has 0 bridgehead atoms. The molecule has 0 aromatic carbocycles. The van der Waals surface area contributed by atoms with Crippen LogP contribution in [0.1, 0.15) is 56.4 Å². The predicted molar refractivity (Wildman–Crippen MR) is 105 cm³/mol. The van der Waals surface area contributed by atoms with Crippen molar-refractivity contribution >= 4 is 29.0 Å². The molecule has 0 radical (unpaired) electrons. The number of nitrogens with one attached hydrogen (secondary N) is 1. The lowest BCUT2D eigenvalue weighted by Crippen LogP contribution is -2.43. The first-order valence-corrected chi connectivity index (χ1v) is 10.8. The molecule has 1 aliphatic heterocycles. The van der Waals surface area contributed by atoms with Gasteiger partial charge in [-0.1, -0.05) is 30.9 Å². The van der Waals surface area contributed by atoms with Crippen molar-refractivity contribution in [3.63, 3.8) is 0 Å². The lowest BCUT2D eigenvalue weighted by molar-refractivity contribution is 0.188. The van der Waals surface area contributed by atoms with E-state index < -0.39 is 0 Å². The van der Waals surface area contributed by atoms with Gasteiger partial charge in [-0.2, -0.15) is 0 Å². The van der Waals surface area contributed by atoms with Gasteiger partial charge < -0.3 is 15.1 Å². The molecule has 1 unspecified atom stereocenters. The van der Waals surface area contributed by atoms with E-state index in [4.69, 9.17) is 11.6 Å². The minimum Gasteiger partial charge on any atom is -0.331 e. The van der Waals surface area contributed by atoms with Crippen molar-refractivity contribution < 1.29 is 4.79 Å². The van der Waals surface area contributed by atoms with Crippen molar-refractivity contribution in [1.82, 2.24) is 15.1 Å². The number of rotatable bonds is 4. The number of carbonyl (C=O) groups excluding carboxylic acids is 1. The molecule has 2 amide bonds. The second-order valence-corrected chi connectivity index (χ2v) is 9.20. The van der Waals surface area contributed by atoms with Crippen LogP contribution in [0.15, 0.2) is 12.1 Å². The lowest BCUT2D eigenvalue weighted by atomic mass is 9.89. The molecular formula is C19H30ClN3OS. The van der Waals surface area contributed by atoms with Crippen LogP contribution >= 0.6 is 22.9 Å². The smallest absolute Gasteiger partial charge is 0.317 e. The summed E-state index contributed by atoms with van der Waals surface area (Å²) in [5.41, 5.74) is 0. The molecule has 3 rings (SSSR count). The third-order valence-electron chi connectivity index (χ3n) is 5.48. The molecule has 1 N–H and O–H groups in total. The van der Waals surface area contributed by atoms with Crippen LogP contribution < -0.4 is 5.32 Å². The van der Waals surface area contributed by atoms with E-state index in [0.717, 1.165) is 47.7 Å². The summed E-state index contributed by atoms with van der Waals surface area (Å²) in [5.74, 6) is 0.873. The molecule has 1 aromatic heterocycles. The Morgan fingerprint density at radius 3 is 2.72 bits per heavy atom. The van der Waals surface area contributed by atoms with Gasteiger partial charge in [0.2, 0.25) is 0 Å². The zero-order chi connectivity index (χ0) is 17.6. The van der Waals surface area contributed by atoms with Crippen LogP contribution in [0.5, 0.6) is 0 Å². The fourth-order valence-corrected chi connectivity index (χ4v) is 5.06. The van der Waals surface area contributed by atoms with Crippen molar-refractivity contribution in [3.05, 3.63) is 21.3 Å². The van der Waals surface area contributed by atoms with Gasteiger partial charge in [-0.3, -0.25) is 0 Å². The third kappa shape index (κ3) is 5.60. The summed E-state index contributed by atoms with van der Waals surface area (Å²) in [6, 6.07) is 3.94. The van der Waals surface area contributed by atoms with Crippen LogP contribution in [-0.4, -0.2) is 48.6 Å². The molecule has 1 aliphatic carbocycles. The van der Waals surface area contributed by atoms with Gasteiger partial charge >= 0.3 is 6.03 Å². The number of nitrogens with zero attached hydrogens (tertiary/aromatic N) is 2. The minimum absolute atomic E-state index is 0.00611. The molecule has 2 heterocycles. The van der Waals surface area contributed by atoms with Gasteiger partial charge in [0.15, 0.2) is 0 Å². The number of halogens is 1. The van der Waals surface area contributed by atoms with E-state index >= 15 is 0 Å². The molecule has 4 nitrogen and oxygen atoms in total. The maximum atomic E-state index is 12.6. The van der Waals surface area contributed by atoms with E-state index in [-0.39, 0.29) is 12.1 Å². The van der Waals surface area contributed by atoms with Gasteiger partial charge in [0.05, 0.1) is 10.4 Å². The Morgan fingerprint density at radius 1 is 1.20 bits per heavy atom. The maximum Gasteiger partial charge on any atom is 0.317 e. The van der Waals surface area contributed by atoms with Crippen LogP contribution in [0.4, 0.5) is 4.79 Å². The summed E-state index contributed by atoms with van der Waals surface area (Å²) in [6.07, 6.45) is 8.07. The van der Waals surface area contributed by atoms with E-state index in [9.17, 15) is 4.79 Å². The average Bonchev–Trinajstić information content (AvgIpc) is 2.91. The standard InChI is InChI=1S/C19H30ClN3OS/c1-15(17-8-9-18(20)25-17)21-19(24)23-11-5-10-22(12-13-23)14-16-6-3-2-4-7-16/h8-9,15-16H,2-7,10-14H2,1H3,(H,21,24). The highest BCUT2D eigenvalue weighted by Crippen LogP contribution is 2.27. The summed E-state index contributed by atoms with van der Waals surface area (Å²) >= 11 is 7.53. The van der Waals surface area contributed by atoms with E-state index in [0.29, 0.717) is 0 Å². The normalized spacial score (nSPS) is 21.8. The molecule has 2 aliphatic rings. The molecular weight excluding hydrogens is 354 g/mol. The molecule has 25 heavy (non-hydrogen) atoms. The topological polar surface area (TPSA) is 35.6 Å². The Hall–Kier alpha value is -0.780. The predicted octanol–water partition coefficient (Wildman–Crippen LogP) is 4.76. The SMILES string of the molecule is CC(NC(=O)N1CCCN(CC2CCCCC2)CC1)c1ccc(Cl)s1. The van der Waals surface area contributed by atoms with E-state index in [1.165, 1.54) is 50.0 Å². The molecule has 1 atom stereocenters. The fourth-order valence-electron chi connectivity index (χ4n) is 4.00. The fraction of sp³-hybridized carbons (Fsp3) is 0.737. The van der Waals surface area contributed by atoms with E-state index in [1.807, 2.05) is 24.0 Å². The first kappa shape index (κ1) is 19.0. The minimum atomic E-state index is 0.00611. The first-order chi connectivity index (χ1) is 12.1. The first-order valence-electron chi connectivity index (χ1n) is 9.65. The molecule has 140 valence electrons. The second-order valence-electron chi connectivity index (χ2n) is 7.46. The number of hydrogen-bond acceptors (Lipinski definition) is 3. The maximum absolute atomic E-state index is 12.6. The second kappa shape index (κ2) is 9.24. The summed E-state index contributed by atoms with van der Waals surface area (Å²) in [7, 11) is 0. The lowest BCUT2D eigenvalue weighted by Gasteiger charge is -2.29. The molecule has 6 heteroatoms. The molecule has 1 saturated carbocycles. The van der Waals surface area contributed by atoms with Crippen LogP contribution in [0.2, 0.25) is 4.34 Å². The number of urea groups is 1. The van der Waals surface area contributed by atoms with Gasteiger partial charge in [0, 0.05) is 31.1 Å². The van der Waals surface area contributed by atoms with Gasteiger partial charge in [0.25, 0.3) is 0 Å². The van der Waals surface area contributed by atoms with Crippen molar-refractivity contribution in [2.45, 2.75) is 51.5 Å². The zero-order valence-electron chi connectivity index (χ0n) is 15.2. The average molecular weight is 384 g/mol. The highest BCUT2D eigenvalue weighted by molar-refractivity contribution is 7.16. The van der Waals surface area contributed by atoms with Crippen molar-refractivity contribution in [2.24, 2.45) is 5.92 Å². The highest BCUT2D eigenvalue weighted by atomic mass is 35.5. The molecule has 0 spiro atoms. The molecule has 1 aromatic rings. The molecule has 1 saturated heterocycles. The summed E-state index contributed by atoms with van der Waals surface area (Å²) in [5, 5.41) is 3.12. The van der Waals surface area contributed by atoms with Crippen molar-refractivity contribution in [1.29, 1.82) is 0 Å². The van der Waals surface area contributed by atoms with Crippen LogP contribution in [0, 0.1) is 5.92 Å². The third-order valence-corrected chi connectivity index (χ3v) is 6.89. The van der Waals surface area contributed by atoms with Gasteiger partial charge in [0.1, 0.15) is 0 Å². The van der Waals surface area contributed by atoms with Crippen molar-refractivity contribution in [3.8, 4) is 0 Å². The summed E-state index contributed by atoms with van der Waals surface area (Å²) in [6.45, 7) is 7.05. The van der Waals surface area contributed by atoms with Crippen LogP contribution in [0.3, 0.4) is 0 Å². The Balaban J connectivity index is 1.45. The van der Waals surface area contributed by atoms with Gasteiger partial charge in [-0.05, 0) is 50.8 Å². The van der Waals surface area contributed by atoms with Gasteiger partial charge in [-0.25, -0.2) is 4.79 Å². The number of amides is 2. The Morgan fingerprint density at radius 2 is 2.00 bits per heavy atom. The zero-order valence-corrected chi connectivity index (χ0v) is 16.7. The number of carbonyl (C=O) groups is 1. The number of hydrogen-bond donors (Lipinski definition) is 1. The Labute approximate surface area is 160 Å². The van der Waals surface area contributed by atoms with Crippen molar-refractivity contribution in [2.75, 3.05) is 32.7 Å². The van der Waals surface area contributed by atoms with E-state index in [2.05, 4.69) is 10.2 Å². The summed E-state index contributed by atoms with van der Waals surface area (Å²) < 4.78 is 0.768. The van der Waals surface area contributed by atoms with Crippen LogP contribution in [0.25, 0.3) is 0 Å². The highest BCUT2D eigenvalue weighted by Gasteiger charge is 2.23. The Bertz CT molecular complexity index is 559. The Kier molecular flexibility index (Phi) is 7.02. The quantitative estimate of drug-likeness (QED) is 0.813. The largest absolute Gasteiger partial charge is 0.331 e.